The SMILES string of the molecule is O=C(Nc1nc2ccccc2s1)c1ccc(Br)c(F)c1. The molecule has 0 saturated heterocycles. The van der Waals surface area contributed by atoms with Gasteiger partial charge < -0.3 is 0 Å². The Hall–Kier alpha value is -1.79. The number of para-hydroxylation sites is 1. The van der Waals surface area contributed by atoms with Crippen LogP contribution < -0.4 is 5.32 Å². The molecular weight excluding hydrogens is 343 g/mol. The average molecular weight is 351 g/mol. The zero-order valence-electron chi connectivity index (χ0n) is 10.1. The number of thiazole rings is 1. The number of nitrogens with one attached hydrogen (secondary N) is 1. The lowest BCUT2D eigenvalue weighted by atomic mass is 10.2. The third kappa shape index (κ3) is 2.57. The van der Waals surface area contributed by atoms with Gasteiger partial charge in [-0.3, -0.25) is 10.1 Å². The van der Waals surface area contributed by atoms with Crippen molar-refractivity contribution in [2.24, 2.45) is 0 Å². The summed E-state index contributed by atoms with van der Waals surface area (Å²) in [6.07, 6.45) is 0. The molecule has 0 saturated carbocycles. The summed E-state index contributed by atoms with van der Waals surface area (Å²) in [7, 11) is 0. The van der Waals surface area contributed by atoms with E-state index in [1.807, 2.05) is 24.3 Å². The van der Waals surface area contributed by atoms with Crippen molar-refractivity contribution in [2.75, 3.05) is 5.32 Å². The molecule has 3 rings (SSSR count). The molecule has 3 nitrogen and oxygen atoms in total. The minimum atomic E-state index is -0.470. The topological polar surface area (TPSA) is 42.0 Å². The predicted molar refractivity (Wildman–Crippen MR) is 81.7 cm³/mol. The lowest BCUT2D eigenvalue weighted by molar-refractivity contribution is 0.102. The first-order valence-electron chi connectivity index (χ1n) is 5.75. The van der Waals surface area contributed by atoms with Crippen LogP contribution in [0.3, 0.4) is 0 Å². The fourth-order valence-electron chi connectivity index (χ4n) is 1.73. The van der Waals surface area contributed by atoms with Crippen LogP contribution in [-0.2, 0) is 0 Å². The molecular formula is C14H8BrFN2OS. The fourth-order valence-corrected chi connectivity index (χ4v) is 2.84. The summed E-state index contributed by atoms with van der Waals surface area (Å²) in [4.78, 5) is 16.3. The highest BCUT2D eigenvalue weighted by atomic mass is 79.9. The first kappa shape index (κ1) is 13.2. The summed E-state index contributed by atoms with van der Waals surface area (Å²) in [5.74, 6) is -0.850. The minimum Gasteiger partial charge on any atom is -0.298 e. The number of hydrogen-bond acceptors (Lipinski definition) is 3. The number of fused-ring (bicyclic) bond motifs is 1. The molecule has 100 valence electrons. The Bertz CT molecular complexity index is 770. The Morgan fingerprint density at radius 2 is 2.05 bits per heavy atom. The largest absolute Gasteiger partial charge is 0.298 e. The van der Waals surface area contributed by atoms with Crippen molar-refractivity contribution in [1.29, 1.82) is 0 Å². The number of halogens is 2. The van der Waals surface area contributed by atoms with Crippen molar-refractivity contribution in [2.45, 2.75) is 0 Å². The van der Waals surface area contributed by atoms with E-state index in [2.05, 4.69) is 26.2 Å². The molecule has 20 heavy (non-hydrogen) atoms. The van der Waals surface area contributed by atoms with Gasteiger partial charge in [0.15, 0.2) is 5.13 Å². The van der Waals surface area contributed by atoms with E-state index in [4.69, 9.17) is 0 Å². The Kier molecular flexibility index (Phi) is 3.50. The van der Waals surface area contributed by atoms with Crippen LogP contribution in [0.15, 0.2) is 46.9 Å². The highest BCUT2D eigenvalue weighted by Gasteiger charge is 2.11. The second-order valence-corrected chi connectivity index (χ2v) is 5.95. The number of anilines is 1. The fraction of sp³-hybridized carbons (Fsp3) is 0. The molecule has 1 amide bonds. The maximum Gasteiger partial charge on any atom is 0.257 e. The molecule has 2 aromatic carbocycles. The number of carbonyl (C=O) groups excluding carboxylic acids is 1. The summed E-state index contributed by atoms with van der Waals surface area (Å²) in [6.45, 7) is 0. The van der Waals surface area contributed by atoms with Gasteiger partial charge in [-0.05, 0) is 46.3 Å². The third-order valence-corrected chi connectivity index (χ3v) is 4.29. The number of nitrogens with zero attached hydrogens (tertiary/aromatic N) is 1. The zero-order valence-corrected chi connectivity index (χ0v) is 12.5. The lowest BCUT2D eigenvalue weighted by Crippen LogP contribution is -2.11. The van der Waals surface area contributed by atoms with Crippen molar-refractivity contribution < 1.29 is 9.18 Å². The van der Waals surface area contributed by atoms with Crippen molar-refractivity contribution in [3.63, 3.8) is 0 Å². The van der Waals surface area contributed by atoms with E-state index in [1.54, 1.807) is 6.07 Å². The first-order valence-corrected chi connectivity index (χ1v) is 7.36. The third-order valence-electron chi connectivity index (χ3n) is 2.70. The van der Waals surface area contributed by atoms with Crippen LogP contribution in [0, 0.1) is 5.82 Å². The Balaban J connectivity index is 1.86. The van der Waals surface area contributed by atoms with E-state index in [0.717, 1.165) is 10.2 Å². The molecule has 1 aromatic heterocycles. The van der Waals surface area contributed by atoms with Gasteiger partial charge in [0.05, 0.1) is 14.7 Å². The van der Waals surface area contributed by atoms with E-state index < -0.39 is 5.82 Å². The molecule has 3 aromatic rings. The van der Waals surface area contributed by atoms with Crippen LogP contribution in [0.25, 0.3) is 10.2 Å². The van der Waals surface area contributed by atoms with Crippen LogP contribution in [0.2, 0.25) is 0 Å². The number of benzene rings is 2. The summed E-state index contributed by atoms with van der Waals surface area (Å²) in [5, 5.41) is 3.18. The van der Waals surface area contributed by atoms with Crippen molar-refractivity contribution in [3.8, 4) is 0 Å². The van der Waals surface area contributed by atoms with Crippen LogP contribution in [0.4, 0.5) is 9.52 Å². The molecule has 0 spiro atoms. The van der Waals surface area contributed by atoms with E-state index in [-0.39, 0.29) is 11.5 Å². The molecule has 0 aliphatic heterocycles. The second-order valence-electron chi connectivity index (χ2n) is 4.07. The molecule has 0 aliphatic carbocycles. The number of rotatable bonds is 2. The van der Waals surface area contributed by atoms with Gasteiger partial charge in [-0.1, -0.05) is 23.5 Å². The average Bonchev–Trinajstić information content (AvgIpc) is 2.83. The molecule has 6 heteroatoms. The number of hydrogen-bond donors (Lipinski definition) is 1. The minimum absolute atomic E-state index is 0.255. The van der Waals surface area contributed by atoms with Gasteiger partial charge in [0.1, 0.15) is 5.82 Å². The maximum atomic E-state index is 13.4. The number of carbonyl (C=O) groups is 1. The molecule has 0 unspecified atom stereocenters. The van der Waals surface area contributed by atoms with Crippen LogP contribution >= 0.6 is 27.3 Å². The molecule has 1 N–H and O–H groups in total. The Morgan fingerprint density at radius 3 is 2.80 bits per heavy atom. The van der Waals surface area contributed by atoms with Gasteiger partial charge in [0.25, 0.3) is 5.91 Å². The molecule has 0 atom stereocenters. The molecule has 0 radical (unpaired) electrons. The van der Waals surface area contributed by atoms with Crippen molar-refractivity contribution >= 4 is 48.5 Å². The molecule has 0 bridgehead atoms. The Labute approximate surface area is 126 Å². The molecule has 1 heterocycles. The van der Waals surface area contributed by atoms with Gasteiger partial charge in [0.2, 0.25) is 0 Å². The summed E-state index contributed by atoms with van der Waals surface area (Å²) >= 11 is 4.43. The van der Waals surface area contributed by atoms with E-state index in [0.29, 0.717) is 9.60 Å². The maximum absolute atomic E-state index is 13.4. The Morgan fingerprint density at radius 1 is 1.25 bits per heavy atom. The van der Waals surface area contributed by atoms with Gasteiger partial charge in [0, 0.05) is 5.56 Å². The molecule has 0 fully saturated rings. The van der Waals surface area contributed by atoms with Crippen LogP contribution in [-0.4, -0.2) is 10.9 Å². The van der Waals surface area contributed by atoms with Crippen LogP contribution in [0.5, 0.6) is 0 Å². The highest BCUT2D eigenvalue weighted by Crippen LogP contribution is 2.26. The predicted octanol–water partition coefficient (Wildman–Crippen LogP) is 4.45. The van der Waals surface area contributed by atoms with Gasteiger partial charge in [-0.2, -0.15) is 0 Å². The second kappa shape index (κ2) is 5.30. The van der Waals surface area contributed by atoms with E-state index >= 15 is 0 Å². The van der Waals surface area contributed by atoms with Gasteiger partial charge in [-0.15, -0.1) is 0 Å². The first-order chi connectivity index (χ1) is 9.63. The van der Waals surface area contributed by atoms with Crippen LogP contribution in [0.1, 0.15) is 10.4 Å². The normalized spacial score (nSPS) is 10.7. The zero-order chi connectivity index (χ0) is 14.1. The summed E-state index contributed by atoms with van der Waals surface area (Å²) in [5.41, 5.74) is 1.08. The van der Waals surface area contributed by atoms with Gasteiger partial charge in [-0.25, -0.2) is 9.37 Å². The standard InChI is InChI=1S/C14H8BrFN2OS/c15-9-6-5-8(7-10(9)16)13(19)18-14-17-11-3-1-2-4-12(11)20-14/h1-7H,(H,17,18,19). The quantitative estimate of drug-likeness (QED) is 0.741. The lowest BCUT2D eigenvalue weighted by Gasteiger charge is -2.02. The number of aromatic nitrogens is 1. The highest BCUT2D eigenvalue weighted by molar-refractivity contribution is 9.10. The van der Waals surface area contributed by atoms with Gasteiger partial charge >= 0.3 is 0 Å². The summed E-state index contributed by atoms with van der Waals surface area (Å²) < 4.78 is 14.7. The summed E-state index contributed by atoms with van der Waals surface area (Å²) in [6, 6.07) is 11.8. The molecule has 0 aliphatic rings. The monoisotopic (exact) mass is 350 g/mol. The smallest absolute Gasteiger partial charge is 0.257 e. The van der Waals surface area contributed by atoms with Crippen molar-refractivity contribution in [3.05, 3.63) is 58.3 Å². The number of amides is 1. The van der Waals surface area contributed by atoms with E-state index in [9.17, 15) is 9.18 Å². The van der Waals surface area contributed by atoms with Crippen molar-refractivity contribution in [1.82, 2.24) is 4.98 Å². The van der Waals surface area contributed by atoms with E-state index in [1.165, 1.54) is 23.5 Å².